The second-order valence-electron chi connectivity index (χ2n) is 5.63. The van der Waals surface area contributed by atoms with Crippen LogP contribution in [0.15, 0.2) is 89.9 Å². The van der Waals surface area contributed by atoms with E-state index in [4.69, 9.17) is 4.99 Å². The molecule has 0 aliphatic carbocycles. The van der Waals surface area contributed by atoms with Crippen LogP contribution in [0, 0.1) is 11.8 Å². The van der Waals surface area contributed by atoms with E-state index in [1.165, 1.54) is 0 Å². The molecule has 0 bridgehead atoms. The van der Waals surface area contributed by atoms with Gasteiger partial charge in [0.25, 0.3) is 0 Å². The minimum Gasteiger partial charge on any atom is -0.323 e. The van der Waals surface area contributed by atoms with Crippen LogP contribution in [0.25, 0.3) is 0 Å². The van der Waals surface area contributed by atoms with Gasteiger partial charge in [0.15, 0.2) is 5.17 Å². The Bertz CT molecular complexity index is 938. The second-order valence-corrected chi connectivity index (χ2v) is 6.40. The monoisotopic (exact) mass is 356 g/mol. The van der Waals surface area contributed by atoms with Crippen LogP contribution in [0.3, 0.4) is 0 Å². The number of hydrogen-bond acceptors (Lipinski definition) is 2. The van der Waals surface area contributed by atoms with Crippen molar-refractivity contribution in [1.82, 2.24) is 0 Å². The lowest BCUT2D eigenvalue weighted by atomic mass is 10.1. The summed E-state index contributed by atoms with van der Waals surface area (Å²) >= 11 is 1.62. The van der Waals surface area contributed by atoms with Crippen LogP contribution >= 0.6 is 11.8 Å². The summed E-state index contributed by atoms with van der Waals surface area (Å²) < 4.78 is 0. The number of thioether (sulfide) groups is 1. The van der Waals surface area contributed by atoms with E-state index in [0.717, 1.165) is 27.7 Å². The molecule has 2 nitrogen and oxygen atoms in total. The van der Waals surface area contributed by atoms with E-state index in [2.05, 4.69) is 22.8 Å². The normalized spacial score (nSPS) is 10.8. The molecule has 3 aromatic carbocycles. The Morgan fingerprint density at radius 2 is 1.42 bits per heavy atom. The molecule has 0 radical (unpaired) electrons. The summed E-state index contributed by atoms with van der Waals surface area (Å²) in [4.78, 5) is 6.86. The molecular formula is C23H20N2S. The maximum Gasteiger partial charge on any atom is 0.168 e. The van der Waals surface area contributed by atoms with E-state index < -0.39 is 0 Å². The second kappa shape index (κ2) is 8.94. The Kier molecular flexibility index (Phi) is 6.14. The maximum absolute atomic E-state index is 4.77. The van der Waals surface area contributed by atoms with Crippen LogP contribution in [0.4, 0.5) is 11.4 Å². The van der Waals surface area contributed by atoms with Crippen molar-refractivity contribution in [2.24, 2.45) is 4.99 Å². The molecule has 0 saturated heterocycles. The lowest BCUT2D eigenvalue weighted by molar-refractivity contribution is 1.27. The van der Waals surface area contributed by atoms with E-state index in [9.17, 15) is 0 Å². The quantitative estimate of drug-likeness (QED) is 0.339. The molecule has 128 valence electrons. The molecule has 3 rings (SSSR count). The van der Waals surface area contributed by atoms with Gasteiger partial charge in [-0.2, -0.15) is 0 Å². The smallest absolute Gasteiger partial charge is 0.168 e. The summed E-state index contributed by atoms with van der Waals surface area (Å²) in [5.74, 6) is 6.54. The van der Waals surface area contributed by atoms with Gasteiger partial charge in [-0.3, -0.25) is 0 Å². The molecule has 26 heavy (non-hydrogen) atoms. The first kappa shape index (κ1) is 17.8. The Morgan fingerprint density at radius 1 is 0.808 bits per heavy atom. The van der Waals surface area contributed by atoms with Gasteiger partial charge in [-0.15, -0.1) is 0 Å². The first-order valence-corrected chi connectivity index (χ1v) is 9.58. The van der Waals surface area contributed by atoms with Crippen molar-refractivity contribution in [1.29, 1.82) is 0 Å². The van der Waals surface area contributed by atoms with Crippen LogP contribution < -0.4 is 4.90 Å². The van der Waals surface area contributed by atoms with Crippen molar-refractivity contribution in [3.8, 4) is 11.8 Å². The first-order chi connectivity index (χ1) is 12.8. The lowest BCUT2D eigenvalue weighted by Crippen LogP contribution is -2.24. The molecule has 0 amide bonds. The van der Waals surface area contributed by atoms with Gasteiger partial charge < -0.3 is 4.90 Å². The van der Waals surface area contributed by atoms with Gasteiger partial charge in [0.05, 0.1) is 11.4 Å². The minimum absolute atomic E-state index is 0.921. The van der Waals surface area contributed by atoms with Gasteiger partial charge in [0.2, 0.25) is 0 Å². The number of hydrogen-bond donors (Lipinski definition) is 0. The van der Waals surface area contributed by atoms with E-state index in [1.807, 2.05) is 92.2 Å². The molecule has 0 saturated carbocycles. The van der Waals surface area contributed by atoms with Gasteiger partial charge in [-0.1, -0.05) is 72.1 Å². The zero-order valence-corrected chi connectivity index (χ0v) is 15.7. The molecule has 0 unspecified atom stereocenters. The summed E-state index contributed by atoms with van der Waals surface area (Å²) in [6, 6.07) is 28.2. The van der Waals surface area contributed by atoms with Crippen LogP contribution in [0.1, 0.15) is 11.1 Å². The highest BCUT2D eigenvalue weighted by atomic mass is 32.2. The predicted octanol–water partition coefficient (Wildman–Crippen LogP) is 5.57. The molecule has 0 spiro atoms. The summed E-state index contributed by atoms with van der Waals surface area (Å²) in [5, 5.41) is 0.921. The highest BCUT2D eigenvalue weighted by molar-refractivity contribution is 8.13. The fraction of sp³-hybridized carbons (Fsp3) is 0.0870. The van der Waals surface area contributed by atoms with Crippen molar-refractivity contribution < 1.29 is 0 Å². The molecule has 0 N–H and O–H groups in total. The van der Waals surface area contributed by atoms with Gasteiger partial charge >= 0.3 is 0 Å². The average molecular weight is 356 g/mol. The van der Waals surface area contributed by atoms with E-state index in [0.29, 0.717) is 0 Å². The van der Waals surface area contributed by atoms with Crippen molar-refractivity contribution in [3.05, 3.63) is 96.1 Å². The van der Waals surface area contributed by atoms with E-state index in [1.54, 1.807) is 11.8 Å². The third-order valence-electron chi connectivity index (χ3n) is 3.83. The fourth-order valence-electron chi connectivity index (χ4n) is 2.51. The van der Waals surface area contributed by atoms with Crippen LogP contribution in [-0.4, -0.2) is 18.5 Å². The van der Waals surface area contributed by atoms with Gasteiger partial charge in [-0.05, 0) is 42.7 Å². The van der Waals surface area contributed by atoms with Crippen molar-refractivity contribution in [3.63, 3.8) is 0 Å². The van der Waals surface area contributed by atoms with Gasteiger partial charge in [0, 0.05) is 18.2 Å². The molecule has 0 fully saturated rings. The highest BCUT2D eigenvalue weighted by Gasteiger charge is 2.11. The first-order valence-electron chi connectivity index (χ1n) is 8.35. The topological polar surface area (TPSA) is 15.6 Å². The Labute approximate surface area is 159 Å². The van der Waals surface area contributed by atoms with E-state index in [-0.39, 0.29) is 0 Å². The molecule has 0 aliphatic heterocycles. The minimum atomic E-state index is 0.921. The Morgan fingerprint density at radius 3 is 2.12 bits per heavy atom. The Hall–Kier alpha value is -2.96. The third-order valence-corrected chi connectivity index (χ3v) is 4.56. The van der Waals surface area contributed by atoms with Crippen molar-refractivity contribution >= 4 is 28.3 Å². The molecule has 0 aromatic heterocycles. The largest absolute Gasteiger partial charge is 0.323 e. The maximum atomic E-state index is 4.77. The number of amidine groups is 1. The SMILES string of the molecule is CSC(=Nc1ccccc1)N(C)c1ccccc1C#Cc1ccccc1. The fourth-order valence-corrected chi connectivity index (χ4v) is 3.08. The molecule has 3 aromatic rings. The summed E-state index contributed by atoms with van der Waals surface area (Å²) in [6.07, 6.45) is 2.04. The predicted molar refractivity (Wildman–Crippen MR) is 114 cm³/mol. The van der Waals surface area contributed by atoms with Crippen molar-refractivity contribution in [2.75, 3.05) is 18.2 Å². The zero-order chi connectivity index (χ0) is 18.2. The zero-order valence-electron chi connectivity index (χ0n) is 14.9. The Balaban J connectivity index is 1.94. The molecule has 3 heteroatoms. The third kappa shape index (κ3) is 4.56. The number of nitrogens with zero attached hydrogens (tertiary/aromatic N) is 2. The molecule has 0 atom stereocenters. The molecular weight excluding hydrogens is 336 g/mol. The molecule has 0 aliphatic rings. The number of anilines is 1. The number of para-hydroxylation sites is 2. The van der Waals surface area contributed by atoms with Crippen LogP contribution in [0.2, 0.25) is 0 Å². The summed E-state index contributed by atoms with van der Waals surface area (Å²) in [7, 11) is 2.03. The number of benzene rings is 3. The number of rotatable bonds is 2. The van der Waals surface area contributed by atoms with Crippen molar-refractivity contribution in [2.45, 2.75) is 0 Å². The number of aliphatic imine (C=N–C) groups is 1. The summed E-state index contributed by atoms with van der Waals surface area (Å²) in [6.45, 7) is 0. The van der Waals surface area contributed by atoms with Gasteiger partial charge in [0.1, 0.15) is 0 Å². The summed E-state index contributed by atoms with van der Waals surface area (Å²) in [5.41, 5.74) is 3.97. The standard InChI is InChI=1S/C23H20N2S/c1-25(23(26-2)24-21-14-7-4-8-15-21)22-16-10-9-13-20(22)18-17-19-11-5-3-6-12-19/h3-16H,1-2H3. The van der Waals surface area contributed by atoms with Gasteiger partial charge in [-0.25, -0.2) is 4.99 Å². The van der Waals surface area contributed by atoms with Crippen LogP contribution in [0.5, 0.6) is 0 Å². The van der Waals surface area contributed by atoms with E-state index >= 15 is 0 Å². The molecule has 0 heterocycles. The lowest BCUT2D eigenvalue weighted by Gasteiger charge is -2.21. The highest BCUT2D eigenvalue weighted by Crippen LogP contribution is 2.23. The average Bonchev–Trinajstić information content (AvgIpc) is 2.72. The van der Waals surface area contributed by atoms with Crippen LogP contribution in [-0.2, 0) is 0 Å².